The van der Waals surface area contributed by atoms with Crippen LogP contribution in [0.15, 0.2) is 53.0 Å². The molecule has 0 radical (unpaired) electrons. The van der Waals surface area contributed by atoms with Crippen molar-refractivity contribution in [2.24, 2.45) is 23.7 Å². The van der Waals surface area contributed by atoms with Crippen LogP contribution in [0.2, 0.25) is 5.02 Å². The van der Waals surface area contributed by atoms with Crippen LogP contribution < -0.4 is 0 Å². The summed E-state index contributed by atoms with van der Waals surface area (Å²) < 4.78 is 0.811. The van der Waals surface area contributed by atoms with Gasteiger partial charge >= 0.3 is 0 Å². The van der Waals surface area contributed by atoms with E-state index in [9.17, 15) is 19.2 Å². The zero-order chi connectivity index (χ0) is 22.6. The zero-order valence-electron chi connectivity index (χ0n) is 17.0. The molecule has 0 aromatic heterocycles. The number of Topliss-reactive ketones (excluding diaryl/α,β-unsaturated/α-hetero) is 1. The van der Waals surface area contributed by atoms with Crippen LogP contribution in [0, 0.1) is 23.7 Å². The molecule has 0 unspecified atom stereocenters. The highest BCUT2D eigenvalue weighted by molar-refractivity contribution is 9.10. The second kappa shape index (κ2) is 8.12. The van der Waals surface area contributed by atoms with Gasteiger partial charge in [0.1, 0.15) is 6.54 Å². The summed E-state index contributed by atoms with van der Waals surface area (Å²) >= 11 is 9.57. The zero-order valence-corrected chi connectivity index (χ0v) is 19.4. The van der Waals surface area contributed by atoms with Gasteiger partial charge < -0.3 is 0 Å². The number of carbonyl (C=O) groups is 4. The van der Waals surface area contributed by atoms with E-state index in [1.807, 2.05) is 0 Å². The molecule has 2 aromatic rings. The molecule has 3 aliphatic rings. The normalized spacial score (nSPS) is 25.9. The van der Waals surface area contributed by atoms with E-state index < -0.39 is 24.3 Å². The molecule has 8 heteroatoms. The molecule has 1 aliphatic heterocycles. The van der Waals surface area contributed by atoms with Crippen LogP contribution >= 0.6 is 27.5 Å². The van der Waals surface area contributed by atoms with Crippen molar-refractivity contribution < 1.29 is 19.2 Å². The van der Waals surface area contributed by atoms with Crippen molar-refractivity contribution in [1.29, 1.82) is 0 Å². The van der Waals surface area contributed by atoms with Gasteiger partial charge in [-0.25, -0.2) is 5.01 Å². The average molecular weight is 516 g/mol. The number of carbonyl (C=O) groups excluding carboxylic acids is 4. The number of rotatable bonds is 5. The first kappa shape index (κ1) is 21.3. The van der Waals surface area contributed by atoms with Crippen LogP contribution in [0.1, 0.15) is 40.0 Å². The maximum absolute atomic E-state index is 13.5. The molecule has 3 amide bonds. The van der Waals surface area contributed by atoms with Crippen LogP contribution in [0.3, 0.4) is 0 Å². The Hall–Kier alpha value is -2.51. The van der Waals surface area contributed by atoms with Gasteiger partial charge in [0, 0.05) is 10.0 Å². The Labute approximate surface area is 198 Å². The molecular weight excluding hydrogens is 496 g/mol. The van der Waals surface area contributed by atoms with Crippen LogP contribution in [0.5, 0.6) is 0 Å². The fraction of sp³-hybridized carbons (Fsp3) is 0.333. The third kappa shape index (κ3) is 3.39. The minimum Gasteiger partial charge on any atom is -0.292 e. The summed E-state index contributed by atoms with van der Waals surface area (Å²) in [6.45, 7) is -0.433. The summed E-state index contributed by atoms with van der Waals surface area (Å²) in [5.41, 5.74) is 0.517. The van der Waals surface area contributed by atoms with Crippen molar-refractivity contribution in [3.05, 3.63) is 69.2 Å². The van der Waals surface area contributed by atoms with E-state index in [1.165, 1.54) is 6.07 Å². The number of hydrazine groups is 1. The van der Waals surface area contributed by atoms with Gasteiger partial charge in [0.15, 0.2) is 5.78 Å². The maximum atomic E-state index is 13.5. The lowest BCUT2D eigenvalue weighted by atomic mass is 9.81. The van der Waals surface area contributed by atoms with Gasteiger partial charge in [-0.2, -0.15) is 5.01 Å². The number of hydrogen-bond donors (Lipinski definition) is 0. The first-order valence-corrected chi connectivity index (χ1v) is 11.8. The smallest absolute Gasteiger partial charge is 0.274 e. The maximum Gasteiger partial charge on any atom is 0.274 e. The number of benzene rings is 2. The highest BCUT2D eigenvalue weighted by Crippen LogP contribution is 2.56. The van der Waals surface area contributed by atoms with Crippen LogP contribution in [-0.2, 0) is 9.59 Å². The molecule has 3 fully saturated rings. The number of halogens is 2. The van der Waals surface area contributed by atoms with E-state index >= 15 is 0 Å². The number of fused-ring (bicyclic) bond motifs is 5. The van der Waals surface area contributed by atoms with Crippen LogP contribution in [-0.4, -0.2) is 40.1 Å². The molecule has 2 aliphatic carbocycles. The molecule has 4 atom stereocenters. The summed E-state index contributed by atoms with van der Waals surface area (Å²) in [6, 6.07) is 13.1. The summed E-state index contributed by atoms with van der Waals surface area (Å²) in [5.74, 6) is -2.23. The first-order valence-electron chi connectivity index (χ1n) is 10.6. The van der Waals surface area contributed by atoms with Crippen molar-refractivity contribution in [3.8, 4) is 0 Å². The topological polar surface area (TPSA) is 74.8 Å². The predicted octanol–water partition coefficient (Wildman–Crippen LogP) is 4.37. The van der Waals surface area contributed by atoms with E-state index in [-0.39, 0.29) is 40.0 Å². The quantitative estimate of drug-likeness (QED) is 0.438. The summed E-state index contributed by atoms with van der Waals surface area (Å²) in [4.78, 5) is 53.3. The first-order chi connectivity index (χ1) is 15.4. The SMILES string of the molecule is O=C(CN(C(=O)c1ccccc1Cl)N1C(=O)[C@@H]2[C@H]3CC[C@@H](C3)[C@@H]2C1=O)c1ccc(Br)cc1. The molecule has 32 heavy (non-hydrogen) atoms. The second-order valence-electron chi connectivity index (χ2n) is 8.65. The highest BCUT2D eigenvalue weighted by atomic mass is 79.9. The molecule has 164 valence electrons. The molecule has 5 rings (SSSR count). The summed E-state index contributed by atoms with van der Waals surface area (Å²) in [6.07, 6.45) is 2.74. The molecule has 2 saturated carbocycles. The number of nitrogens with zero attached hydrogens (tertiary/aromatic N) is 2. The van der Waals surface area contributed by atoms with Crippen molar-refractivity contribution in [1.82, 2.24) is 10.0 Å². The lowest BCUT2D eigenvalue weighted by molar-refractivity contribution is -0.154. The van der Waals surface area contributed by atoms with E-state index in [0.717, 1.165) is 33.8 Å². The fourth-order valence-electron chi connectivity index (χ4n) is 5.50. The van der Waals surface area contributed by atoms with Gasteiger partial charge in [0.2, 0.25) is 0 Å². The molecule has 2 bridgehead atoms. The van der Waals surface area contributed by atoms with E-state index in [1.54, 1.807) is 42.5 Å². The van der Waals surface area contributed by atoms with Gasteiger partial charge in [-0.1, -0.05) is 51.8 Å². The largest absolute Gasteiger partial charge is 0.292 e. The Morgan fingerprint density at radius 2 is 1.56 bits per heavy atom. The Kier molecular flexibility index (Phi) is 5.42. The molecule has 0 N–H and O–H groups in total. The standard InChI is InChI=1S/C24H20BrClN2O4/c25-16-9-7-13(8-10-16)19(29)12-27(22(30)17-3-1-2-4-18(17)26)28-23(31)20-14-5-6-15(11-14)21(20)24(28)32/h1-4,7-10,14-15,20-21H,5-6,11-12H2/t14-,15-,20-,21+/m0/s1. The third-order valence-corrected chi connectivity index (χ3v) is 7.80. The van der Waals surface area contributed by atoms with E-state index in [2.05, 4.69) is 15.9 Å². The van der Waals surface area contributed by atoms with Crippen molar-refractivity contribution >= 4 is 51.0 Å². The lowest BCUT2D eigenvalue weighted by Gasteiger charge is -2.31. The average Bonchev–Trinajstić information content (AvgIpc) is 3.46. The molecule has 0 spiro atoms. The second-order valence-corrected chi connectivity index (χ2v) is 9.97. The Morgan fingerprint density at radius 3 is 2.16 bits per heavy atom. The number of imide groups is 1. The summed E-state index contributed by atoms with van der Waals surface area (Å²) in [7, 11) is 0. The molecule has 1 saturated heterocycles. The third-order valence-electron chi connectivity index (χ3n) is 6.94. The Balaban J connectivity index is 1.51. The molecule has 6 nitrogen and oxygen atoms in total. The number of hydrogen-bond acceptors (Lipinski definition) is 4. The highest BCUT2D eigenvalue weighted by Gasteiger charge is 2.62. The monoisotopic (exact) mass is 514 g/mol. The number of ketones is 1. The van der Waals surface area contributed by atoms with Crippen molar-refractivity contribution in [3.63, 3.8) is 0 Å². The fourth-order valence-corrected chi connectivity index (χ4v) is 5.98. The number of amides is 3. The minimum absolute atomic E-state index is 0.137. The van der Waals surface area contributed by atoms with Crippen LogP contribution in [0.25, 0.3) is 0 Å². The van der Waals surface area contributed by atoms with Crippen molar-refractivity contribution in [2.45, 2.75) is 19.3 Å². The van der Waals surface area contributed by atoms with Gasteiger partial charge in [-0.15, -0.1) is 0 Å². The van der Waals surface area contributed by atoms with Gasteiger partial charge in [-0.05, 0) is 55.4 Å². The van der Waals surface area contributed by atoms with Gasteiger partial charge in [-0.3, -0.25) is 19.2 Å². The Morgan fingerprint density at radius 1 is 0.969 bits per heavy atom. The van der Waals surface area contributed by atoms with Gasteiger partial charge in [0.05, 0.1) is 22.4 Å². The molecule has 2 aromatic carbocycles. The minimum atomic E-state index is -0.643. The van der Waals surface area contributed by atoms with E-state index in [4.69, 9.17) is 11.6 Å². The molecular formula is C24H20BrClN2O4. The summed E-state index contributed by atoms with van der Waals surface area (Å²) in [5, 5.41) is 2.12. The lowest BCUT2D eigenvalue weighted by Crippen LogP contribution is -2.52. The predicted molar refractivity (Wildman–Crippen MR) is 121 cm³/mol. The van der Waals surface area contributed by atoms with Gasteiger partial charge in [0.25, 0.3) is 17.7 Å². The van der Waals surface area contributed by atoms with Crippen molar-refractivity contribution in [2.75, 3.05) is 6.54 Å². The Bertz CT molecular complexity index is 1110. The van der Waals surface area contributed by atoms with E-state index in [0.29, 0.717) is 5.56 Å². The molecule has 1 heterocycles. The van der Waals surface area contributed by atoms with Crippen LogP contribution in [0.4, 0.5) is 0 Å².